The van der Waals surface area contributed by atoms with E-state index in [0.717, 1.165) is 10.5 Å². The summed E-state index contributed by atoms with van der Waals surface area (Å²) in [5, 5.41) is 2.83. The maximum Gasteiger partial charge on any atom is 0.287 e. The van der Waals surface area contributed by atoms with Crippen LogP contribution in [0.4, 0.5) is 5.69 Å². The minimum atomic E-state index is -0.236. The molecule has 1 amide bonds. The van der Waals surface area contributed by atoms with Crippen LogP contribution >= 0.6 is 11.8 Å². The van der Waals surface area contributed by atoms with Crippen molar-refractivity contribution < 1.29 is 14.1 Å². The van der Waals surface area contributed by atoms with Gasteiger partial charge >= 0.3 is 0 Å². The molecule has 8 heteroatoms. The van der Waals surface area contributed by atoms with Gasteiger partial charge in [0.1, 0.15) is 11.5 Å². The van der Waals surface area contributed by atoms with E-state index in [1.54, 1.807) is 24.8 Å². The lowest BCUT2D eigenvalue weighted by Gasteiger charge is -2.09. The van der Waals surface area contributed by atoms with E-state index in [9.17, 15) is 9.59 Å². The van der Waals surface area contributed by atoms with Gasteiger partial charge < -0.3 is 14.6 Å². The second-order valence-corrected chi connectivity index (χ2v) is 8.53. The fourth-order valence-electron chi connectivity index (χ4n) is 3.09. The maximum absolute atomic E-state index is 12.2. The molecule has 7 nitrogen and oxygen atoms in total. The summed E-state index contributed by atoms with van der Waals surface area (Å²) in [6, 6.07) is 16.5. The van der Waals surface area contributed by atoms with Gasteiger partial charge in [-0.3, -0.25) is 9.59 Å². The highest BCUT2D eigenvalue weighted by atomic mass is 32.2. The van der Waals surface area contributed by atoms with Gasteiger partial charge in [-0.2, -0.15) is 0 Å². The standard InChI is InChI=1S/C24H23N3O4S/c1-15-4-7-20(10-16(15)2)30-13-23(28)26-18-5-8-21(9-6-18)32-14-19-12-24(29)27-22(25-19)11-17(3)31-27/h4-12H,13-14H2,1-3H3,(H,26,28). The molecule has 0 aliphatic carbocycles. The second-order valence-electron chi connectivity index (χ2n) is 7.48. The van der Waals surface area contributed by atoms with Crippen LogP contribution in [-0.4, -0.2) is 22.1 Å². The predicted molar refractivity (Wildman–Crippen MR) is 125 cm³/mol. The summed E-state index contributed by atoms with van der Waals surface area (Å²) >= 11 is 1.56. The van der Waals surface area contributed by atoms with Crippen LogP contribution in [0.5, 0.6) is 5.75 Å². The molecule has 0 unspecified atom stereocenters. The SMILES string of the molecule is Cc1cc2nc(CSc3ccc(NC(=O)COc4ccc(C)c(C)c4)cc3)cc(=O)n2o1. The largest absolute Gasteiger partial charge is 0.484 e. The molecule has 2 aromatic heterocycles. The first-order valence-corrected chi connectivity index (χ1v) is 11.1. The average molecular weight is 450 g/mol. The van der Waals surface area contributed by atoms with Crippen LogP contribution in [0.3, 0.4) is 0 Å². The van der Waals surface area contributed by atoms with Gasteiger partial charge in [-0.05, 0) is 68.3 Å². The van der Waals surface area contributed by atoms with Crippen molar-refractivity contribution in [2.24, 2.45) is 0 Å². The molecule has 32 heavy (non-hydrogen) atoms. The van der Waals surface area contributed by atoms with Crippen molar-refractivity contribution in [3.05, 3.63) is 87.5 Å². The fraction of sp³-hybridized carbons (Fsp3) is 0.208. The van der Waals surface area contributed by atoms with Crippen molar-refractivity contribution in [3.8, 4) is 5.75 Å². The summed E-state index contributed by atoms with van der Waals surface area (Å²) in [5.41, 5.74) is 3.94. The first kappa shape index (κ1) is 21.7. The number of carbonyl (C=O) groups is 1. The Bertz CT molecular complexity index is 1330. The molecule has 0 radical (unpaired) electrons. The Labute approximate surface area is 189 Å². The van der Waals surface area contributed by atoms with Gasteiger partial charge in [0.15, 0.2) is 12.3 Å². The summed E-state index contributed by atoms with van der Waals surface area (Å²) in [6.45, 7) is 5.76. The number of nitrogens with zero attached hydrogens (tertiary/aromatic N) is 2. The van der Waals surface area contributed by atoms with E-state index in [-0.39, 0.29) is 18.1 Å². The highest BCUT2D eigenvalue weighted by Crippen LogP contribution is 2.24. The summed E-state index contributed by atoms with van der Waals surface area (Å²) in [6.07, 6.45) is 0. The molecule has 2 heterocycles. The van der Waals surface area contributed by atoms with Crippen LogP contribution in [0.15, 0.2) is 68.8 Å². The van der Waals surface area contributed by atoms with E-state index in [0.29, 0.717) is 34.3 Å². The van der Waals surface area contributed by atoms with E-state index in [2.05, 4.69) is 10.3 Å². The Morgan fingerprint density at radius 2 is 1.84 bits per heavy atom. The molecule has 0 spiro atoms. The van der Waals surface area contributed by atoms with E-state index in [1.807, 2.05) is 56.3 Å². The molecule has 164 valence electrons. The first-order chi connectivity index (χ1) is 15.4. The smallest absolute Gasteiger partial charge is 0.287 e. The molecule has 0 fully saturated rings. The van der Waals surface area contributed by atoms with Crippen molar-refractivity contribution in [1.29, 1.82) is 0 Å². The second kappa shape index (κ2) is 9.32. The number of hydrogen-bond donors (Lipinski definition) is 1. The number of hydrogen-bond acceptors (Lipinski definition) is 6. The summed E-state index contributed by atoms with van der Waals surface area (Å²) in [5.74, 6) is 1.63. The van der Waals surface area contributed by atoms with Crippen LogP contribution in [0.2, 0.25) is 0 Å². The van der Waals surface area contributed by atoms with E-state index >= 15 is 0 Å². The molecule has 0 atom stereocenters. The van der Waals surface area contributed by atoms with Crippen molar-refractivity contribution in [2.45, 2.75) is 31.4 Å². The summed E-state index contributed by atoms with van der Waals surface area (Å²) in [4.78, 5) is 29.8. The molecule has 4 aromatic rings. The molecule has 0 bridgehead atoms. The topological polar surface area (TPSA) is 85.8 Å². The predicted octanol–water partition coefficient (Wildman–Crippen LogP) is 4.52. The number of nitrogens with one attached hydrogen (secondary N) is 1. The van der Waals surface area contributed by atoms with Gasteiger partial charge in [0.05, 0.1) is 5.69 Å². The van der Waals surface area contributed by atoms with Crippen molar-refractivity contribution >= 4 is 29.0 Å². The number of ether oxygens (including phenoxy) is 1. The Hall–Kier alpha value is -3.52. The maximum atomic E-state index is 12.2. The van der Waals surface area contributed by atoms with Crippen molar-refractivity contribution in [2.75, 3.05) is 11.9 Å². The quantitative estimate of drug-likeness (QED) is 0.418. The lowest BCUT2D eigenvalue weighted by Crippen LogP contribution is -2.20. The Kier molecular flexibility index (Phi) is 6.32. The third kappa shape index (κ3) is 5.20. The van der Waals surface area contributed by atoms with E-state index in [1.165, 1.54) is 16.2 Å². The molecule has 4 rings (SSSR count). The fourth-order valence-corrected chi connectivity index (χ4v) is 3.88. The van der Waals surface area contributed by atoms with Crippen LogP contribution < -0.4 is 15.6 Å². The summed E-state index contributed by atoms with van der Waals surface area (Å²) < 4.78 is 12.1. The molecule has 1 N–H and O–H groups in total. The van der Waals surface area contributed by atoms with Gasteiger partial charge in [0, 0.05) is 28.5 Å². The van der Waals surface area contributed by atoms with E-state index in [4.69, 9.17) is 9.26 Å². The number of amides is 1. The van der Waals surface area contributed by atoms with Crippen LogP contribution in [0.25, 0.3) is 5.65 Å². The van der Waals surface area contributed by atoms with E-state index < -0.39 is 0 Å². The first-order valence-electron chi connectivity index (χ1n) is 10.1. The van der Waals surface area contributed by atoms with Crippen LogP contribution in [-0.2, 0) is 10.5 Å². The van der Waals surface area contributed by atoms with Crippen molar-refractivity contribution in [1.82, 2.24) is 9.56 Å². The summed E-state index contributed by atoms with van der Waals surface area (Å²) in [7, 11) is 0. The van der Waals surface area contributed by atoms with Gasteiger partial charge in [-0.1, -0.05) is 6.07 Å². The zero-order valence-corrected chi connectivity index (χ0v) is 18.9. The monoisotopic (exact) mass is 449 g/mol. The highest BCUT2D eigenvalue weighted by Gasteiger charge is 2.08. The van der Waals surface area contributed by atoms with Gasteiger partial charge in [-0.15, -0.1) is 16.3 Å². The molecule has 0 saturated carbocycles. The molecule has 0 saturated heterocycles. The number of anilines is 1. The lowest BCUT2D eigenvalue weighted by atomic mass is 10.1. The third-order valence-corrected chi connectivity index (χ3v) is 5.94. The highest BCUT2D eigenvalue weighted by molar-refractivity contribution is 7.98. The zero-order valence-electron chi connectivity index (χ0n) is 18.0. The third-order valence-electron chi connectivity index (χ3n) is 4.90. The van der Waals surface area contributed by atoms with Gasteiger partial charge in [0.2, 0.25) is 0 Å². The number of benzene rings is 2. The molecular formula is C24H23N3O4S. The molecule has 2 aromatic carbocycles. The minimum absolute atomic E-state index is 0.0593. The Balaban J connectivity index is 1.30. The number of aromatic nitrogens is 2. The average Bonchev–Trinajstić information content (AvgIpc) is 3.15. The van der Waals surface area contributed by atoms with Crippen LogP contribution in [0, 0.1) is 20.8 Å². The normalized spacial score (nSPS) is 11.0. The number of fused-ring (bicyclic) bond motifs is 1. The molecular weight excluding hydrogens is 426 g/mol. The van der Waals surface area contributed by atoms with Crippen molar-refractivity contribution in [3.63, 3.8) is 0 Å². The lowest BCUT2D eigenvalue weighted by molar-refractivity contribution is -0.118. The number of thioether (sulfide) groups is 1. The zero-order chi connectivity index (χ0) is 22.7. The molecule has 0 aliphatic heterocycles. The Morgan fingerprint density at radius 1 is 1.06 bits per heavy atom. The van der Waals surface area contributed by atoms with Crippen LogP contribution in [0.1, 0.15) is 22.6 Å². The number of rotatable bonds is 7. The van der Waals surface area contributed by atoms with Gasteiger partial charge in [-0.25, -0.2) is 4.98 Å². The number of aryl methyl sites for hydroxylation is 3. The van der Waals surface area contributed by atoms with Gasteiger partial charge in [0.25, 0.3) is 11.5 Å². The number of carbonyl (C=O) groups excluding carboxylic acids is 1. The minimum Gasteiger partial charge on any atom is -0.484 e. The Morgan fingerprint density at radius 3 is 2.59 bits per heavy atom. The molecule has 0 aliphatic rings.